The quantitative estimate of drug-likeness (QED) is 0.488. The summed E-state index contributed by atoms with van der Waals surface area (Å²) in [5.41, 5.74) is 0.257. The van der Waals surface area contributed by atoms with E-state index in [1.54, 1.807) is 38.0 Å². The summed E-state index contributed by atoms with van der Waals surface area (Å²) in [6.07, 6.45) is 1.38. The predicted molar refractivity (Wildman–Crippen MR) is 117 cm³/mol. The lowest BCUT2D eigenvalue weighted by Crippen LogP contribution is -2.18. The maximum atomic E-state index is 14.5. The molecule has 174 valence electrons. The Morgan fingerprint density at radius 1 is 1.09 bits per heavy atom. The minimum absolute atomic E-state index is 0.0447. The van der Waals surface area contributed by atoms with E-state index in [-0.39, 0.29) is 28.7 Å². The first-order valence-electron chi connectivity index (χ1n) is 9.96. The highest BCUT2D eigenvalue weighted by atomic mass is 19.1. The molecule has 0 aliphatic heterocycles. The molecule has 1 amide bonds. The van der Waals surface area contributed by atoms with E-state index in [0.717, 1.165) is 6.07 Å². The fraction of sp³-hybridized carbons (Fsp3) is 0.261. The van der Waals surface area contributed by atoms with Crippen LogP contribution in [-0.2, 0) is 16.5 Å². The highest BCUT2D eigenvalue weighted by molar-refractivity contribution is 6.04. The number of esters is 1. The molecule has 0 fully saturated rings. The molecule has 33 heavy (non-hydrogen) atoms. The largest absolute Gasteiger partial charge is 0.488 e. The number of carbonyl (C=O) groups is 2. The molecule has 0 unspecified atom stereocenters. The number of hydrogen-bond acceptors (Lipinski definition) is 7. The Labute approximate surface area is 190 Å². The van der Waals surface area contributed by atoms with Crippen LogP contribution in [0.3, 0.4) is 0 Å². The Hall–Kier alpha value is -3.92. The van der Waals surface area contributed by atoms with Gasteiger partial charge >= 0.3 is 5.97 Å². The number of benzene rings is 2. The molecule has 0 bridgehead atoms. The second-order valence-electron chi connectivity index (χ2n) is 7.14. The first kappa shape index (κ1) is 23.7. The molecule has 3 rings (SSSR count). The highest BCUT2D eigenvalue weighted by Gasteiger charge is 2.16. The van der Waals surface area contributed by atoms with Gasteiger partial charge in [-0.15, -0.1) is 0 Å². The molecule has 9 nitrogen and oxygen atoms in total. The Morgan fingerprint density at radius 2 is 1.85 bits per heavy atom. The molecule has 1 aromatic heterocycles. The van der Waals surface area contributed by atoms with Crippen molar-refractivity contribution in [1.29, 1.82) is 0 Å². The van der Waals surface area contributed by atoms with E-state index < -0.39 is 17.7 Å². The molecule has 0 spiro atoms. The third kappa shape index (κ3) is 6.30. The number of nitrogens with zero attached hydrogens (tertiary/aromatic N) is 2. The summed E-state index contributed by atoms with van der Waals surface area (Å²) in [5.74, 6) is -1.17. The van der Waals surface area contributed by atoms with Crippen LogP contribution < -0.4 is 14.8 Å². The SMILES string of the molecule is COC[C@H](C)Oc1cc(Oc2ccc(C(=O)OC)cc2F)cc(C(=O)Nc2ccn(C)n2)c1. The van der Waals surface area contributed by atoms with Crippen LogP contribution in [0, 0.1) is 5.82 Å². The number of amides is 1. The van der Waals surface area contributed by atoms with Gasteiger partial charge in [0.2, 0.25) is 0 Å². The van der Waals surface area contributed by atoms with Gasteiger partial charge in [0.1, 0.15) is 17.6 Å². The lowest BCUT2D eigenvalue weighted by atomic mass is 10.1. The normalized spacial score (nSPS) is 11.5. The first-order valence-corrected chi connectivity index (χ1v) is 9.96. The van der Waals surface area contributed by atoms with Gasteiger partial charge in [0, 0.05) is 38.1 Å². The van der Waals surface area contributed by atoms with Crippen LogP contribution in [0.5, 0.6) is 17.2 Å². The summed E-state index contributed by atoms with van der Waals surface area (Å²) in [6, 6.07) is 9.84. The van der Waals surface area contributed by atoms with Gasteiger partial charge in [0.05, 0.1) is 19.3 Å². The maximum absolute atomic E-state index is 14.5. The number of ether oxygens (including phenoxy) is 4. The predicted octanol–water partition coefficient (Wildman–Crippen LogP) is 3.80. The lowest BCUT2D eigenvalue weighted by molar-refractivity contribution is 0.0600. The third-order valence-electron chi connectivity index (χ3n) is 4.42. The second-order valence-corrected chi connectivity index (χ2v) is 7.14. The molecule has 3 aromatic rings. The summed E-state index contributed by atoms with van der Waals surface area (Å²) in [5, 5.41) is 6.80. The van der Waals surface area contributed by atoms with Crippen molar-refractivity contribution in [3.8, 4) is 17.2 Å². The van der Waals surface area contributed by atoms with Crippen LogP contribution in [0.2, 0.25) is 0 Å². The van der Waals surface area contributed by atoms with Gasteiger partial charge in [0.25, 0.3) is 5.91 Å². The molecule has 10 heteroatoms. The number of aryl methyl sites for hydroxylation is 1. The topological polar surface area (TPSA) is 101 Å². The van der Waals surface area contributed by atoms with E-state index in [9.17, 15) is 14.0 Å². The number of nitrogens with one attached hydrogen (secondary N) is 1. The van der Waals surface area contributed by atoms with Crippen molar-refractivity contribution in [3.63, 3.8) is 0 Å². The number of anilines is 1. The van der Waals surface area contributed by atoms with Gasteiger partial charge in [-0.1, -0.05) is 0 Å². The van der Waals surface area contributed by atoms with Crippen LogP contribution in [0.25, 0.3) is 0 Å². The fourth-order valence-electron chi connectivity index (χ4n) is 2.96. The first-order chi connectivity index (χ1) is 15.8. The van der Waals surface area contributed by atoms with E-state index in [1.807, 2.05) is 0 Å². The summed E-state index contributed by atoms with van der Waals surface area (Å²) in [7, 11) is 4.48. The van der Waals surface area contributed by atoms with Crippen LogP contribution >= 0.6 is 0 Å². The number of methoxy groups -OCH3 is 2. The number of carbonyl (C=O) groups excluding carboxylic acids is 2. The monoisotopic (exact) mass is 457 g/mol. The zero-order valence-electron chi connectivity index (χ0n) is 18.6. The summed E-state index contributed by atoms with van der Waals surface area (Å²) < 4.78 is 37.2. The molecular formula is C23H24FN3O6. The van der Waals surface area contributed by atoms with E-state index >= 15 is 0 Å². The van der Waals surface area contributed by atoms with Crippen molar-refractivity contribution >= 4 is 17.7 Å². The molecule has 2 aromatic carbocycles. The van der Waals surface area contributed by atoms with Crippen molar-refractivity contribution in [2.24, 2.45) is 7.05 Å². The average molecular weight is 457 g/mol. The van der Waals surface area contributed by atoms with E-state index in [2.05, 4.69) is 15.2 Å². The number of rotatable bonds is 9. The second kappa shape index (κ2) is 10.6. The van der Waals surface area contributed by atoms with Gasteiger partial charge in [-0.05, 0) is 37.3 Å². The number of aromatic nitrogens is 2. The van der Waals surface area contributed by atoms with Crippen molar-refractivity contribution in [3.05, 3.63) is 65.6 Å². The summed E-state index contributed by atoms with van der Waals surface area (Å²) in [6.45, 7) is 2.13. The van der Waals surface area contributed by atoms with Gasteiger partial charge in [-0.3, -0.25) is 9.48 Å². The lowest BCUT2D eigenvalue weighted by Gasteiger charge is -2.16. The summed E-state index contributed by atoms with van der Waals surface area (Å²) >= 11 is 0. The van der Waals surface area contributed by atoms with Gasteiger partial charge in [0.15, 0.2) is 17.4 Å². The zero-order valence-corrected chi connectivity index (χ0v) is 18.6. The molecular weight excluding hydrogens is 433 g/mol. The van der Waals surface area contributed by atoms with E-state index in [4.69, 9.17) is 14.2 Å². The van der Waals surface area contributed by atoms with Gasteiger partial charge in [-0.2, -0.15) is 5.10 Å². The molecule has 0 radical (unpaired) electrons. The molecule has 0 saturated heterocycles. The smallest absolute Gasteiger partial charge is 0.337 e. The van der Waals surface area contributed by atoms with Crippen molar-refractivity contribution in [2.45, 2.75) is 13.0 Å². The standard InChI is InChI=1S/C23H24FN3O6/c1-14(13-30-3)32-17-9-16(22(28)25-21-7-8-27(2)26-21)10-18(12-17)33-20-6-5-15(11-19(20)24)23(29)31-4/h5-12,14H,13H2,1-4H3,(H,25,26,28)/t14-/m0/s1. The van der Waals surface area contributed by atoms with E-state index in [0.29, 0.717) is 18.2 Å². The minimum Gasteiger partial charge on any atom is -0.488 e. The Kier molecular flexibility index (Phi) is 7.62. The van der Waals surface area contributed by atoms with Crippen LogP contribution in [0.4, 0.5) is 10.2 Å². The van der Waals surface area contributed by atoms with Crippen molar-refractivity contribution < 1.29 is 32.9 Å². The highest BCUT2D eigenvalue weighted by Crippen LogP contribution is 2.30. The van der Waals surface area contributed by atoms with Crippen molar-refractivity contribution in [1.82, 2.24) is 9.78 Å². The molecule has 0 aliphatic carbocycles. The average Bonchev–Trinajstić information content (AvgIpc) is 3.19. The molecule has 1 heterocycles. The Bertz CT molecular complexity index is 1150. The van der Waals surface area contributed by atoms with Crippen molar-refractivity contribution in [2.75, 3.05) is 26.1 Å². The van der Waals surface area contributed by atoms with Gasteiger partial charge < -0.3 is 24.3 Å². The van der Waals surface area contributed by atoms with E-state index in [1.165, 1.54) is 37.4 Å². The number of halogens is 1. The molecule has 1 atom stereocenters. The summed E-state index contributed by atoms with van der Waals surface area (Å²) in [4.78, 5) is 24.4. The maximum Gasteiger partial charge on any atom is 0.337 e. The fourth-order valence-corrected chi connectivity index (χ4v) is 2.96. The Balaban J connectivity index is 1.90. The Morgan fingerprint density at radius 3 is 2.48 bits per heavy atom. The van der Waals surface area contributed by atoms with Crippen LogP contribution in [0.15, 0.2) is 48.7 Å². The van der Waals surface area contributed by atoms with Crippen LogP contribution in [0.1, 0.15) is 27.6 Å². The van der Waals surface area contributed by atoms with Crippen LogP contribution in [-0.4, -0.2) is 48.6 Å². The zero-order chi connectivity index (χ0) is 24.0. The molecule has 0 aliphatic rings. The van der Waals surface area contributed by atoms with Gasteiger partial charge in [-0.25, -0.2) is 9.18 Å². The number of hydrogen-bond donors (Lipinski definition) is 1. The molecule has 0 saturated carbocycles. The molecule has 1 N–H and O–H groups in total. The minimum atomic E-state index is -0.767. The third-order valence-corrected chi connectivity index (χ3v) is 4.42.